The van der Waals surface area contributed by atoms with Crippen LogP contribution in [-0.2, 0) is 6.42 Å². The molecule has 20 heavy (non-hydrogen) atoms. The van der Waals surface area contributed by atoms with Gasteiger partial charge < -0.3 is 15.4 Å². The maximum absolute atomic E-state index is 5.77. The second kappa shape index (κ2) is 6.34. The molecule has 0 spiro atoms. The maximum Gasteiger partial charge on any atom is 0.229 e. The zero-order chi connectivity index (χ0) is 14.5. The monoisotopic (exact) mass is 272 g/mol. The maximum atomic E-state index is 5.77. The minimum absolute atomic E-state index is 0.112. The highest BCUT2D eigenvalue weighted by Crippen LogP contribution is 2.24. The number of benzene rings is 1. The fourth-order valence-electron chi connectivity index (χ4n) is 1.93. The van der Waals surface area contributed by atoms with E-state index in [9.17, 15) is 0 Å². The van der Waals surface area contributed by atoms with Crippen LogP contribution in [0.15, 0.2) is 36.7 Å². The van der Waals surface area contributed by atoms with Gasteiger partial charge in [-0.15, -0.1) is 0 Å². The zero-order valence-electron chi connectivity index (χ0n) is 12.1. The molecule has 106 valence electrons. The van der Waals surface area contributed by atoms with Crippen molar-refractivity contribution in [3.63, 3.8) is 0 Å². The molecule has 0 bridgehead atoms. The molecule has 1 aromatic carbocycles. The van der Waals surface area contributed by atoms with Gasteiger partial charge in [-0.2, -0.15) is 0 Å². The molecule has 0 amide bonds. The first-order valence-electron chi connectivity index (χ1n) is 6.54. The Labute approximate surface area is 119 Å². The van der Waals surface area contributed by atoms with Crippen LogP contribution in [0.3, 0.4) is 0 Å². The fourth-order valence-corrected chi connectivity index (χ4v) is 1.93. The number of hydrogen-bond donors (Lipinski definition) is 1. The molecule has 2 aromatic rings. The average Bonchev–Trinajstić information content (AvgIpc) is 2.47. The van der Waals surface area contributed by atoms with Crippen LogP contribution in [0.25, 0.3) is 0 Å². The predicted octanol–water partition coefficient (Wildman–Crippen LogP) is 2.14. The molecule has 1 unspecified atom stereocenters. The van der Waals surface area contributed by atoms with E-state index in [1.165, 1.54) is 0 Å². The van der Waals surface area contributed by atoms with Crippen molar-refractivity contribution in [2.45, 2.75) is 19.4 Å². The molecule has 5 heteroatoms. The summed E-state index contributed by atoms with van der Waals surface area (Å²) in [6, 6.07) is 7.89. The molecule has 0 aliphatic rings. The molecular formula is C15H20N4O. The molecule has 0 saturated heterocycles. The van der Waals surface area contributed by atoms with E-state index in [0.717, 1.165) is 23.4 Å². The number of nitrogens with two attached hydrogens (primary N) is 1. The quantitative estimate of drug-likeness (QED) is 0.903. The Morgan fingerprint density at radius 2 is 2.00 bits per heavy atom. The Hall–Kier alpha value is -2.14. The SMILES string of the molecule is COc1cccc(N(C)c2ncc(CC(C)N)cn2)c1. The standard InChI is InChI=1S/C15H20N4O/c1-11(16)7-12-9-17-15(18-10-12)19(2)13-5-4-6-14(8-13)20-3/h4-6,8-11H,7,16H2,1-3H3. The highest BCUT2D eigenvalue weighted by Gasteiger charge is 2.08. The van der Waals surface area contributed by atoms with Gasteiger partial charge >= 0.3 is 0 Å². The third-order valence-corrected chi connectivity index (χ3v) is 2.99. The minimum Gasteiger partial charge on any atom is -0.497 e. The molecule has 0 saturated carbocycles. The van der Waals surface area contributed by atoms with Crippen molar-refractivity contribution >= 4 is 11.6 Å². The lowest BCUT2D eigenvalue weighted by molar-refractivity contribution is 0.415. The number of rotatable bonds is 5. The summed E-state index contributed by atoms with van der Waals surface area (Å²) in [5, 5.41) is 0. The molecule has 1 atom stereocenters. The van der Waals surface area contributed by atoms with Crippen molar-refractivity contribution in [1.82, 2.24) is 9.97 Å². The Morgan fingerprint density at radius 3 is 2.60 bits per heavy atom. The van der Waals surface area contributed by atoms with Gasteiger partial charge in [0.2, 0.25) is 5.95 Å². The van der Waals surface area contributed by atoms with E-state index >= 15 is 0 Å². The lowest BCUT2D eigenvalue weighted by Crippen LogP contribution is -2.18. The topological polar surface area (TPSA) is 64.3 Å². The van der Waals surface area contributed by atoms with Gasteiger partial charge in [0.05, 0.1) is 7.11 Å². The average molecular weight is 272 g/mol. The molecule has 2 N–H and O–H groups in total. The fraction of sp³-hybridized carbons (Fsp3) is 0.333. The van der Waals surface area contributed by atoms with E-state index < -0.39 is 0 Å². The van der Waals surface area contributed by atoms with E-state index in [0.29, 0.717) is 5.95 Å². The van der Waals surface area contributed by atoms with Crippen molar-refractivity contribution < 1.29 is 4.74 Å². The molecule has 0 radical (unpaired) electrons. The lowest BCUT2D eigenvalue weighted by Gasteiger charge is -2.18. The lowest BCUT2D eigenvalue weighted by atomic mass is 10.1. The van der Waals surface area contributed by atoms with Crippen LogP contribution < -0.4 is 15.4 Å². The Balaban J connectivity index is 2.17. The van der Waals surface area contributed by atoms with E-state index in [2.05, 4.69) is 9.97 Å². The summed E-state index contributed by atoms with van der Waals surface area (Å²) in [7, 11) is 3.58. The number of hydrogen-bond acceptors (Lipinski definition) is 5. The van der Waals surface area contributed by atoms with Crippen molar-refractivity contribution in [3.8, 4) is 5.75 Å². The van der Waals surface area contributed by atoms with Crippen LogP contribution in [0.1, 0.15) is 12.5 Å². The summed E-state index contributed by atoms with van der Waals surface area (Å²) in [6.45, 7) is 1.97. The van der Waals surface area contributed by atoms with E-state index in [4.69, 9.17) is 10.5 Å². The van der Waals surface area contributed by atoms with Gasteiger partial charge in [-0.1, -0.05) is 6.07 Å². The smallest absolute Gasteiger partial charge is 0.229 e. The third-order valence-electron chi connectivity index (χ3n) is 2.99. The van der Waals surface area contributed by atoms with E-state index in [-0.39, 0.29) is 6.04 Å². The highest BCUT2D eigenvalue weighted by atomic mass is 16.5. The summed E-state index contributed by atoms with van der Waals surface area (Å²) < 4.78 is 5.22. The molecule has 0 aliphatic heterocycles. The number of nitrogens with zero attached hydrogens (tertiary/aromatic N) is 3. The van der Waals surface area contributed by atoms with Crippen LogP contribution in [0, 0.1) is 0 Å². The van der Waals surface area contributed by atoms with Gasteiger partial charge in [0.15, 0.2) is 0 Å². The summed E-state index contributed by atoms with van der Waals surface area (Å²) in [4.78, 5) is 10.7. The number of anilines is 2. The van der Waals surface area contributed by atoms with Gasteiger partial charge in [0.1, 0.15) is 5.75 Å². The first kappa shape index (κ1) is 14.3. The number of methoxy groups -OCH3 is 1. The summed E-state index contributed by atoms with van der Waals surface area (Å²) in [6.07, 6.45) is 4.42. The molecular weight excluding hydrogens is 252 g/mol. The molecule has 5 nitrogen and oxygen atoms in total. The van der Waals surface area contributed by atoms with Gasteiger partial charge in [-0.3, -0.25) is 0 Å². The number of aromatic nitrogens is 2. The predicted molar refractivity (Wildman–Crippen MR) is 80.4 cm³/mol. The molecule has 2 rings (SSSR count). The van der Waals surface area contributed by atoms with Crippen LogP contribution in [0.4, 0.5) is 11.6 Å². The summed E-state index contributed by atoms with van der Waals surface area (Å²) >= 11 is 0. The van der Waals surface area contributed by atoms with Gasteiger partial charge in [-0.05, 0) is 31.0 Å². The van der Waals surface area contributed by atoms with Crippen LogP contribution in [0.5, 0.6) is 5.75 Å². The van der Waals surface area contributed by atoms with Gasteiger partial charge in [0, 0.05) is 37.2 Å². The largest absolute Gasteiger partial charge is 0.497 e. The Bertz CT molecular complexity index is 554. The van der Waals surface area contributed by atoms with Crippen molar-refractivity contribution in [2.24, 2.45) is 5.73 Å². The second-order valence-electron chi connectivity index (χ2n) is 4.83. The third kappa shape index (κ3) is 3.45. The minimum atomic E-state index is 0.112. The second-order valence-corrected chi connectivity index (χ2v) is 4.83. The van der Waals surface area contributed by atoms with Crippen molar-refractivity contribution in [1.29, 1.82) is 0 Å². The normalized spacial score (nSPS) is 12.0. The first-order chi connectivity index (χ1) is 9.60. The zero-order valence-corrected chi connectivity index (χ0v) is 12.1. The van der Waals surface area contributed by atoms with Crippen molar-refractivity contribution in [2.75, 3.05) is 19.1 Å². The highest BCUT2D eigenvalue weighted by molar-refractivity contribution is 5.58. The Morgan fingerprint density at radius 1 is 1.30 bits per heavy atom. The number of ether oxygens (including phenoxy) is 1. The van der Waals surface area contributed by atoms with Crippen molar-refractivity contribution in [3.05, 3.63) is 42.2 Å². The Kier molecular flexibility index (Phi) is 4.53. The molecule has 1 aromatic heterocycles. The van der Waals surface area contributed by atoms with Crippen LogP contribution in [-0.4, -0.2) is 30.2 Å². The molecule has 1 heterocycles. The van der Waals surface area contributed by atoms with E-state index in [1.807, 2.05) is 55.5 Å². The summed E-state index contributed by atoms with van der Waals surface area (Å²) in [5.41, 5.74) is 7.79. The van der Waals surface area contributed by atoms with Gasteiger partial charge in [0.25, 0.3) is 0 Å². The molecule has 0 fully saturated rings. The van der Waals surface area contributed by atoms with Crippen LogP contribution in [0.2, 0.25) is 0 Å². The van der Waals surface area contributed by atoms with Crippen LogP contribution >= 0.6 is 0 Å². The summed E-state index contributed by atoms with van der Waals surface area (Å²) in [5.74, 6) is 1.45. The molecule has 0 aliphatic carbocycles. The van der Waals surface area contributed by atoms with E-state index in [1.54, 1.807) is 7.11 Å². The first-order valence-corrected chi connectivity index (χ1v) is 6.54. The van der Waals surface area contributed by atoms with Gasteiger partial charge in [-0.25, -0.2) is 9.97 Å².